The zero-order chi connectivity index (χ0) is 15.8. The van der Waals surface area contributed by atoms with Crippen LogP contribution in [-0.2, 0) is 16.6 Å². The molecular formula is C14H20BrFN2O2S. The molecule has 0 unspecified atom stereocenters. The summed E-state index contributed by atoms with van der Waals surface area (Å²) in [6.07, 6.45) is 1.75. The number of hydrogen-bond donors (Lipinski definition) is 1. The number of nitrogens with two attached hydrogens (primary N) is 1. The molecule has 0 aliphatic carbocycles. The normalized spacial score (nSPS) is 19.7. The van der Waals surface area contributed by atoms with E-state index < -0.39 is 15.8 Å². The Labute approximate surface area is 133 Å². The molecule has 0 saturated carbocycles. The third kappa shape index (κ3) is 3.47. The second-order valence-electron chi connectivity index (χ2n) is 6.19. The monoisotopic (exact) mass is 378 g/mol. The topological polar surface area (TPSA) is 63.4 Å². The first-order valence-electron chi connectivity index (χ1n) is 6.85. The lowest BCUT2D eigenvalue weighted by Gasteiger charge is -2.37. The zero-order valence-electron chi connectivity index (χ0n) is 12.2. The molecule has 0 amide bonds. The van der Waals surface area contributed by atoms with Crippen molar-refractivity contribution in [3.05, 3.63) is 28.0 Å². The predicted molar refractivity (Wildman–Crippen MR) is 83.8 cm³/mol. The van der Waals surface area contributed by atoms with Crippen LogP contribution < -0.4 is 5.73 Å². The van der Waals surface area contributed by atoms with Gasteiger partial charge in [0.05, 0.1) is 0 Å². The zero-order valence-corrected chi connectivity index (χ0v) is 14.6. The van der Waals surface area contributed by atoms with Crippen molar-refractivity contribution in [2.75, 3.05) is 13.1 Å². The Morgan fingerprint density at radius 2 is 2.10 bits per heavy atom. The van der Waals surface area contributed by atoms with Gasteiger partial charge in [-0.15, -0.1) is 0 Å². The molecule has 7 heteroatoms. The molecule has 2 rings (SSSR count). The molecule has 0 radical (unpaired) electrons. The maximum atomic E-state index is 14.4. The average Bonchev–Trinajstić information content (AvgIpc) is 2.39. The third-order valence-electron chi connectivity index (χ3n) is 3.78. The van der Waals surface area contributed by atoms with Crippen molar-refractivity contribution in [1.29, 1.82) is 0 Å². The molecule has 4 nitrogen and oxygen atoms in total. The van der Waals surface area contributed by atoms with Crippen molar-refractivity contribution in [2.24, 2.45) is 11.1 Å². The van der Waals surface area contributed by atoms with E-state index in [1.54, 1.807) is 0 Å². The maximum Gasteiger partial charge on any atom is 0.246 e. The first kappa shape index (κ1) is 16.9. The van der Waals surface area contributed by atoms with Gasteiger partial charge in [0, 0.05) is 29.7 Å². The van der Waals surface area contributed by atoms with Gasteiger partial charge in [-0.25, -0.2) is 12.8 Å². The first-order chi connectivity index (χ1) is 9.67. The van der Waals surface area contributed by atoms with E-state index in [9.17, 15) is 12.8 Å². The summed E-state index contributed by atoms with van der Waals surface area (Å²) in [6.45, 7) is 4.84. The molecule has 1 aromatic carbocycles. The molecule has 1 aromatic rings. The summed E-state index contributed by atoms with van der Waals surface area (Å²) in [6, 6.07) is 2.82. The minimum Gasteiger partial charge on any atom is -0.326 e. The molecule has 1 aliphatic heterocycles. The number of halogens is 2. The smallest absolute Gasteiger partial charge is 0.246 e. The van der Waals surface area contributed by atoms with E-state index in [1.807, 2.05) is 13.8 Å². The number of piperidine rings is 1. The third-order valence-corrected chi connectivity index (χ3v) is 6.08. The number of nitrogens with zero attached hydrogens (tertiary/aromatic N) is 1. The lowest BCUT2D eigenvalue weighted by molar-refractivity contribution is 0.186. The van der Waals surface area contributed by atoms with Gasteiger partial charge in [0.25, 0.3) is 0 Å². The van der Waals surface area contributed by atoms with Crippen molar-refractivity contribution >= 4 is 26.0 Å². The van der Waals surface area contributed by atoms with Crippen LogP contribution >= 0.6 is 15.9 Å². The summed E-state index contributed by atoms with van der Waals surface area (Å²) in [5, 5.41) is 0. The molecule has 21 heavy (non-hydrogen) atoms. The fourth-order valence-corrected chi connectivity index (χ4v) is 5.13. The van der Waals surface area contributed by atoms with E-state index >= 15 is 0 Å². The Bertz CT molecular complexity index is 647. The summed E-state index contributed by atoms with van der Waals surface area (Å²) in [5.74, 6) is -0.746. The van der Waals surface area contributed by atoms with Crippen LogP contribution in [-0.4, -0.2) is 25.8 Å². The van der Waals surface area contributed by atoms with E-state index in [2.05, 4.69) is 15.9 Å². The number of hydrogen-bond acceptors (Lipinski definition) is 3. The second-order valence-corrected chi connectivity index (χ2v) is 9.01. The largest absolute Gasteiger partial charge is 0.326 e. The van der Waals surface area contributed by atoms with Crippen LogP contribution in [0.1, 0.15) is 32.3 Å². The van der Waals surface area contributed by atoms with Gasteiger partial charge in [-0.2, -0.15) is 4.31 Å². The van der Waals surface area contributed by atoms with Crippen molar-refractivity contribution in [2.45, 2.75) is 38.1 Å². The van der Waals surface area contributed by atoms with Crippen LogP contribution in [0.4, 0.5) is 4.39 Å². The predicted octanol–water partition coefficient (Wildman–Crippen LogP) is 2.86. The Hall–Kier alpha value is -0.500. The molecule has 0 bridgehead atoms. The van der Waals surface area contributed by atoms with Crippen LogP contribution in [0.3, 0.4) is 0 Å². The van der Waals surface area contributed by atoms with Crippen LogP contribution in [0.25, 0.3) is 0 Å². The second kappa shape index (κ2) is 5.95. The molecule has 118 valence electrons. The highest BCUT2D eigenvalue weighted by atomic mass is 79.9. The van der Waals surface area contributed by atoms with Crippen molar-refractivity contribution in [1.82, 2.24) is 4.31 Å². The van der Waals surface area contributed by atoms with Crippen molar-refractivity contribution in [3.8, 4) is 0 Å². The maximum absolute atomic E-state index is 14.4. The van der Waals surface area contributed by atoms with E-state index in [4.69, 9.17) is 5.73 Å². The summed E-state index contributed by atoms with van der Waals surface area (Å²) < 4.78 is 41.8. The van der Waals surface area contributed by atoms with Gasteiger partial charge in [0.1, 0.15) is 10.7 Å². The molecule has 1 saturated heterocycles. The summed E-state index contributed by atoms with van der Waals surface area (Å²) in [7, 11) is -3.85. The van der Waals surface area contributed by atoms with Gasteiger partial charge < -0.3 is 5.73 Å². The molecule has 0 aromatic heterocycles. The highest BCUT2D eigenvalue weighted by Crippen LogP contribution is 2.33. The van der Waals surface area contributed by atoms with E-state index in [1.165, 1.54) is 16.4 Å². The molecule has 1 aliphatic rings. The van der Waals surface area contributed by atoms with Crippen LogP contribution in [0.15, 0.2) is 21.5 Å². The van der Waals surface area contributed by atoms with Crippen LogP contribution in [0.2, 0.25) is 0 Å². The summed E-state index contributed by atoms with van der Waals surface area (Å²) in [5.41, 5.74) is 5.58. The molecule has 2 N–H and O–H groups in total. The van der Waals surface area contributed by atoms with Gasteiger partial charge in [-0.05, 0) is 30.4 Å². The number of rotatable bonds is 3. The van der Waals surface area contributed by atoms with Crippen molar-refractivity contribution in [3.63, 3.8) is 0 Å². The van der Waals surface area contributed by atoms with Crippen LogP contribution in [0, 0.1) is 11.2 Å². The summed E-state index contributed by atoms with van der Waals surface area (Å²) >= 11 is 3.22. The molecule has 0 atom stereocenters. The van der Waals surface area contributed by atoms with Crippen LogP contribution in [0.5, 0.6) is 0 Å². The Morgan fingerprint density at radius 1 is 1.43 bits per heavy atom. The Kier molecular flexibility index (Phi) is 4.78. The lowest BCUT2D eigenvalue weighted by Crippen LogP contribution is -2.43. The minimum absolute atomic E-state index is 0.0424. The highest BCUT2D eigenvalue weighted by Gasteiger charge is 2.36. The highest BCUT2D eigenvalue weighted by molar-refractivity contribution is 9.10. The fourth-order valence-electron chi connectivity index (χ4n) is 2.67. The van der Waals surface area contributed by atoms with E-state index in [0.717, 1.165) is 12.8 Å². The summed E-state index contributed by atoms with van der Waals surface area (Å²) in [4.78, 5) is -0.296. The fraction of sp³-hybridized carbons (Fsp3) is 0.571. The standard InChI is InChI=1S/C14H20BrFN2O2S/c1-14(2)4-3-5-18(9-14)21(19,20)12-7-11(15)6-10(8-17)13(12)16/h6-7H,3-5,8-9,17H2,1-2H3. The molecule has 0 spiro atoms. The van der Waals surface area contributed by atoms with Gasteiger partial charge in [0.15, 0.2) is 0 Å². The van der Waals surface area contributed by atoms with Gasteiger partial charge in [0.2, 0.25) is 10.0 Å². The average molecular weight is 379 g/mol. The van der Waals surface area contributed by atoms with E-state index in [-0.39, 0.29) is 22.4 Å². The Morgan fingerprint density at radius 3 is 2.67 bits per heavy atom. The van der Waals surface area contributed by atoms with E-state index in [0.29, 0.717) is 17.6 Å². The molecular weight excluding hydrogens is 359 g/mol. The van der Waals surface area contributed by atoms with Gasteiger partial charge in [-0.1, -0.05) is 29.8 Å². The first-order valence-corrected chi connectivity index (χ1v) is 9.09. The van der Waals surface area contributed by atoms with Crippen molar-refractivity contribution < 1.29 is 12.8 Å². The minimum atomic E-state index is -3.85. The number of sulfonamides is 1. The van der Waals surface area contributed by atoms with Gasteiger partial charge in [-0.3, -0.25) is 0 Å². The lowest BCUT2D eigenvalue weighted by atomic mass is 9.85. The Balaban J connectivity index is 2.47. The molecule has 1 heterocycles. The quantitative estimate of drug-likeness (QED) is 0.879. The number of benzene rings is 1. The molecule has 1 fully saturated rings. The SMILES string of the molecule is CC1(C)CCCN(S(=O)(=O)c2cc(Br)cc(CN)c2F)C1. The van der Waals surface area contributed by atoms with Gasteiger partial charge >= 0.3 is 0 Å².